The van der Waals surface area contributed by atoms with Gasteiger partial charge in [0.15, 0.2) is 0 Å². The maximum absolute atomic E-state index is 14.5. The number of hydrogen-bond acceptors (Lipinski definition) is 4. The van der Waals surface area contributed by atoms with Gasteiger partial charge in [0.2, 0.25) is 10.0 Å². The van der Waals surface area contributed by atoms with Crippen LogP contribution in [0.1, 0.15) is 32.6 Å². The van der Waals surface area contributed by atoms with Crippen LogP contribution < -0.4 is 10.4 Å². The summed E-state index contributed by atoms with van der Waals surface area (Å²) in [6.07, 6.45) is 7.93. The molecule has 5 nitrogen and oxygen atoms in total. The molecule has 1 aliphatic heterocycles. The van der Waals surface area contributed by atoms with Crippen LogP contribution in [0, 0.1) is 29.4 Å². The number of hydrogen-bond donors (Lipinski definition) is 1. The van der Waals surface area contributed by atoms with E-state index in [-0.39, 0.29) is 22.5 Å². The van der Waals surface area contributed by atoms with E-state index < -0.39 is 15.8 Å². The van der Waals surface area contributed by atoms with E-state index >= 15 is 0 Å². The number of nitrogens with zero attached hydrogens (tertiary/aromatic N) is 2. The zero-order valence-electron chi connectivity index (χ0n) is 20.1. The molecular formula is C28H29F2N3O2S. The lowest BCUT2D eigenvalue weighted by Gasteiger charge is -2.32. The van der Waals surface area contributed by atoms with Gasteiger partial charge in [0, 0.05) is 30.8 Å². The van der Waals surface area contributed by atoms with E-state index in [0.717, 1.165) is 42.6 Å². The molecule has 2 atom stereocenters. The first-order valence-electron chi connectivity index (χ1n) is 12.5. The van der Waals surface area contributed by atoms with Gasteiger partial charge >= 0.3 is 0 Å². The fraction of sp³-hybridized carbons (Fsp3) is 0.357. The first-order valence-corrected chi connectivity index (χ1v) is 14.0. The van der Waals surface area contributed by atoms with Gasteiger partial charge in [0.25, 0.3) is 0 Å². The Labute approximate surface area is 210 Å². The van der Waals surface area contributed by atoms with Crippen molar-refractivity contribution >= 4 is 15.7 Å². The fourth-order valence-corrected chi connectivity index (χ4v) is 7.43. The van der Waals surface area contributed by atoms with Crippen LogP contribution in [0.25, 0.3) is 0 Å². The molecule has 3 aliphatic carbocycles. The van der Waals surface area contributed by atoms with Crippen LogP contribution in [0.5, 0.6) is 0 Å². The summed E-state index contributed by atoms with van der Waals surface area (Å²) >= 11 is 0. The first-order chi connectivity index (χ1) is 17.3. The first kappa shape index (κ1) is 23.4. The minimum absolute atomic E-state index is 0.0777. The number of benzene rings is 2. The molecule has 0 aromatic heterocycles. The van der Waals surface area contributed by atoms with E-state index in [1.54, 1.807) is 18.2 Å². The molecule has 6 rings (SSSR count). The highest BCUT2D eigenvalue weighted by molar-refractivity contribution is 7.89. The third kappa shape index (κ3) is 4.06. The summed E-state index contributed by atoms with van der Waals surface area (Å²) < 4.78 is 56.6. The number of rotatable bonds is 7. The second-order valence-electron chi connectivity index (χ2n) is 10.2. The van der Waals surface area contributed by atoms with Gasteiger partial charge in [0.05, 0.1) is 11.4 Å². The quantitative estimate of drug-likeness (QED) is 0.535. The Morgan fingerprint density at radius 3 is 2.50 bits per heavy atom. The Kier molecular flexibility index (Phi) is 5.76. The molecular weight excluding hydrogens is 480 g/mol. The maximum Gasteiger partial charge on any atom is 0.246 e. The SMILES string of the molecule is C[C@H]1C2=CNN(c3ccc(F)cc3)C2=CC2=C1[C@@H](CN(CC1CC1)S(=O)(=O)c1ccccc1F)CC2. The van der Waals surface area contributed by atoms with Crippen LogP contribution in [0.3, 0.4) is 0 Å². The predicted octanol–water partition coefficient (Wildman–Crippen LogP) is 5.51. The van der Waals surface area contributed by atoms with Crippen LogP contribution >= 0.6 is 0 Å². The number of sulfonamides is 1. The van der Waals surface area contributed by atoms with Crippen LogP contribution in [0.4, 0.5) is 14.5 Å². The molecule has 0 amide bonds. The zero-order valence-corrected chi connectivity index (χ0v) is 20.9. The van der Waals surface area contributed by atoms with Crippen molar-refractivity contribution in [3.63, 3.8) is 0 Å². The molecule has 0 bridgehead atoms. The Hall–Kier alpha value is -2.97. The third-order valence-electron chi connectivity index (χ3n) is 7.82. The molecule has 0 spiro atoms. The standard InChI is InChI=1S/C28H29F2N3O2S/c1-18-24-15-31-33(23-12-10-22(29)11-13-23)26(24)14-20-8-9-21(28(18)20)17-32(16-19-6-7-19)36(34,35)27-5-3-2-4-25(27)30/h2-5,10-15,18-19,21,31H,6-9,16-17H2,1H3/t18-,21+/m0/s1. The van der Waals surface area contributed by atoms with Gasteiger partial charge in [-0.3, -0.25) is 5.01 Å². The Morgan fingerprint density at radius 2 is 1.78 bits per heavy atom. The molecule has 1 heterocycles. The Bertz CT molecular complexity index is 1390. The molecule has 8 heteroatoms. The van der Waals surface area contributed by atoms with E-state index in [9.17, 15) is 17.2 Å². The summed E-state index contributed by atoms with van der Waals surface area (Å²) in [4.78, 5) is -0.241. The van der Waals surface area contributed by atoms with E-state index in [4.69, 9.17) is 0 Å². The molecule has 0 unspecified atom stereocenters. The smallest absolute Gasteiger partial charge is 0.246 e. The molecule has 2 aromatic rings. The number of hydrazine groups is 1. The largest absolute Gasteiger partial charge is 0.301 e. The van der Waals surface area contributed by atoms with Crippen molar-refractivity contribution in [1.29, 1.82) is 0 Å². The topological polar surface area (TPSA) is 52.6 Å². The van der Waals surface area contributed by atoms with Crippen molar-refractivity contribution in [2.24, 2.45) is 17.8 Å². The number of nitrogens with one attached hydrogen (secondary N) is 1. The normalized spacial score (nSPS) is 23.4. The van der Waals surface area contributed by atoms with Crippen molar-refractivity contribution in [2.45, 2.75) is 37.5 Å². The number of halogens is 2. The second-order valence-corrected chi connectivity index (χ2v) is 12.1. The van der Waals surface area contributed by atoms with Crippen LogP contribution in [-0.2, 0) is 10.0 Å². The van der Waals surface area contributed by atoms with Gasteiger partial charge in [-0.05, 0) is 85.6 Å². The average molecular weight is 510 g/mol. The van der Waals surface area contributed by atoms with E-state index in [1.807, 2.05) is 11.2 Å². The highest BCUT2D eigenvalue weighted by atomic mass is 32.2. The lowest BCUT2D eigenvalue weighted by atomic mass is 9.80. The summed E-state index contributed by atoms with van der Waals surface area (Å²) in [5.74, 6) is -0.436. The maximum atomic E-state index is 14.5. The van der Waals surface area contributed by atoms with Crippen molar-refractivity contribution in [3.8, 4) is 0 Å². The van der Waals surface area contributed by atoms with Crippen molar-refractivity contribution in [2.75, 3.05) is 18.1 Å². The summed E-state index contributed by atoms with van der Waals surface area (Å²) in [6, 6.07) is 12.0. The van der Waals surface area contributed by atoms with Crippen LogP contribution in [0.15, 0.2) is 88.1 Å². The van der Waals surface area contributed by atoms with Gasteiger partial charge in [0.1, 0.15) is 16.5 Å². The summed E-state index contributed by atoms with van der Waals surface area (Å²) in [6.45, 7) is 2.97. The Morgan fingerprint density at radius 1 is 1.03 bits per heavy atom. The van der Waals surface area contributed by atoms with Crippen LogP contribution in [-0.4, -0.2) is 25.8 Å². The minimum atomic E-state index is -3.94. The molecule has 0 radical (unpaired) electrons. The molecule has 0 saturated heterocycles. The summed E-state index contributed by atoms with van der Waals surface area (Å²) in [5, 5.41) is 1.96. The average Bonchev–Trinajstić information content (AvgIpc) is 3.43. The summed E-state index contributed by atoms with van der Waals surface area (Å²) in [7, 11) is -3.94. The highest BCUT2D eigenvalue weighted by Crippen LogP contribution is 2.48. The zero-order chi connectivity index (χ0) is 25.0. The summed E-state index contributed by atoms with van der Waals surface area (Å²) in [5.41, 5.74) is 8.85. The second kappa shape index (κ2) is 8.85. The fourth-order valence-electron chi connectivity index (χ4n) is 5.80. The van der Waals surface area contributed by atoms with E-state index in [1.165, 1.54) is 45.8 Å². The van der Waals surface area contributed by atoms with E-state index in [0.29, 0.717) is 19.0 Å². The van der Waals surface area contributed by atoms with Crippen molar-refractivity contribution in [1.82, 2.24) is 9.73 Å². The Balaban J connectivity index is 1.30. The molecule has 1 N–H and O–H groups in total. The molecule has 188 valence electrons. The number of anilines is 1. The van der Waals surface area contributed by atoms with Crippen LogP contribution in [0.2, 0.25) is 0 Å². The molecule has 1 fully saturated rings. The van der Waals surface area contributed by atoms with Crippen molar-refractivity contribution < 1.29 is 17.2 Å². The van der Waals surface area contributed by atoms with Gasteiger partial charge < -0.3 is 5.43 Å². The molecule has 2 aromatic carbocycles. The molecule has 4 aliphatic rings. The van der Waals surface area contributed by atoms with Gasteiger partial charge in [-0.1, -0.05) is 24.6 Å². The molecule has 1 saturated carbocycles. The number of fused-ring (bicyclic) bond motifs is 1. The monoisotopic (exact) mass is 509 g/mol. The third-order valence-corrected chi connectivity index (χ3v) is 9.69. The van der Waals surface area contributed by atoms with E-state index in [2.05, 4.69) is 18.4 Å². The van der Waals surface area contributed by atoms with Crippen molar-refractivity contribution in [3.05, 3.63) is 94.9 Å². The number of allylic oxidation sites excluding steroid dienone is 3. The van der Waals surface area contributed by atoms with Gasteiger partial charge in [-0.25, -0.2) is 17.2 Å². The lowest BCUT2D eigenvalue weighted by Crippen LogP contribution is -2.38. The van der Waals surface area contributed by atoms with Gasteiger partial charge in [-0.2, -0.15) is 4.31 Å². The predicted molar refractivity (Wildman–Crippen MR) is 135 cm³/mol. The van der Waals surface area contributed by atoms with Gasteiger partial charge in [-0.15, -0.1) is 0 Å². The minimum Gasteiger partial charge on any atom is -0.301 e. The highest BCUT2D eigenvalue weighted by Gasteiger charge is 2.41. The lowest BCUT2D eigenvalue weighted by molar-refractivity contribution is 0.343. The molecule has 36 heavy (non-hydrogen) atoms.